The second-order valence-corrected chi connectivity index (χ2v) is 9.84. The number of benzene rings is 1. The second kappa shape index (κ2) is 11.2. The van der Waals surface area contributed by atoms with E-state index < -0.39 is 0 Å². The number of methoxy groups -OCH3 is 1. The van der Waals surface area contributed by atoms with Crippen LogP contribution < -0.4 is 15.4 Å². The van der Waals surface area contributed by atoms with Gasteiger partial charge in [0.1, 0.15) is 10.6 Å². The molecular formula is C26H33N5O2S. The average molecular weight is 480 g/mol. The third-order valence-corrected chi connectivity index (χ3v) is 5.92. The van der Waals surface area contributed by atoms with Crippen molar-refractivity contribution in [3.05, 3.63) is 64.1 Å². The number of hydrogen-bond acceptors (Lipinski definition) is 6. The lowest BCUT2D eigenvalue weighted by atomic mass is 9.92. The van der Waals surface area contributed by atoms with Gasteiger partial charge in [-0.05, 0) is 35.2 Å². The van der Waals surface area contributed by atoms with E-state index in [0.717, 1.165) is 33.6 Å². The quantitative estimate of drug-likeness (QED) is 0.289. The summed E-state index contributed by atoms with van der Waals surface area (Å²) in [5.74, 6) is 1.10. The van der Waals surface area contributed by atoms with E-state index in [0.29, 0.717) is 17.2 Å². The van der Waals surface area contributed by atoms with Crippen LogP contribution >= 0.6 is 11.3 Å². The number of carbonyl (C=O) groups is 1. The summed E-state index contributed by atoms with van der Waals surface area (Å²) in [7, 11) is 1.65. The number of aromatic nitrogens is 3. The summed E-state index contributed by atoms with van der Waals surface area (Å²) in [5, 5.41) is 16.3. The Balaban J connectivity index is 0.00000103. The Labute approximate surface area is 205 Å². The summed E-state index contributed by atoms with van der Waals surface area (Å²) in [6, 6.07) is 11.5. The van der Waals surface area contributed by atoms with Crippen LogP contribution in [0, 0.1) is 0 Å². The Bertz CT molecular complexity index is 1230. The van der Waals surface area contributed by atoms with Crippen molar-refractivity contribution < 1.29 is 9.53 Å². The molecule has 4 rings (SSSR count). The summed E-state index contributed by atoms with van der Waals surface area (Å²) in [6.07, 6.45) is 3.03. The standard InChI is InChI=1S/C23H25N5O2S.C3H8/c1-23(2,3)18-12-19(28-27-18)26-22(29)21-16(9-11-31-21)25-13-14-8-10-24-15-6-5-7-17(30-4)20(14)15;1-3-2/h5-12,25H,13H2,1-4H3,(H2,26,27,28,29);3H2,1-2H3. The third kappa shape index (κ3) is 5.94. The first-order chi connectivity index (χ1) is 16.3. The van der Waals surface area contributed by atoms with Gasteiger partial charge in [-0.3, -0.25) is 14.9 Å². The molecule has 34 heavy (non-hydrogen) atoms. The van der Waals surface area contributed by atoms with Crippen LogP contribution in [-0.2, 0) is 12.0 Å². The fraction of sp³-hybridized carbons (Fsp3) is 0.346. The lowest BCUT2D eigenvalue weighted by Gasteiger charge is -2.14. The van der Waals surface area contributed by atoms with E-state index in [-0.39, 0.29) is 11.3 Å². The van der Waals surface area contributed by atoms with E-state index in [4.69, 9.17) is 4.74 Å². The molecule has 0 atom stereocenters. The van der Waals surface area contributed by atoms with Gasteiger partial charge in [0.2, 0.25) is 0 Å². The number of aromatic amines is 1. The molecule has 3 aromatic heterocycles. The van der Waals surface area contributed by atoms with Crippen LogP contribution in [0.25, 0.3) is 10.9 Å². The molecule has 8 heteroatoms. The molecule has 1 amide bonds. The fourth-order valence-corrected chi connectivity index (χ4v) is 4.08. The fourth-order valence-electron chi connectivity index (χ4n) is 3.32. The Morgan fingerprint density at radius 1 is 1.18 bits per heavy atom. The van der Waals surface area contributed by atoms with E-state index in [9.17, 15) is 4.79 Å². The van der Waals surface area contributed by atoms with Crippen LogP contribution in [0.4, 0.5) is 11.5 Å². The summed E-state index contributed by atoms with van der Waals surface area (Å²) in [6.45, 7) is 11.1. The van der Waals surface area contributed by atoms with Crippen molar-refractivity contribution in [3.63, 3.8) is 0 Å². The third-order valence-electron chi connectivity index (χ3n) is 5.00. The Morgan fingerprint density at radius 2 is 1.94 bits per heavy atom. The highest BCUT2D eigenvalue weighted by Crippen LogP contribution is 2.30. The number of nitrogens with one attached hydrogen (secondary N) is 3. The van der Waals surface area contributed by atoms with Gasteiger partial charge in [-0.15, -0.1) is 11.3 Å². The first-order valence-electron chi connectivity index (χ1n) is 11.4. The minimum absolute atomic E-state index is 0.0694. The number of H-pyrrole nitrogens is 1. The van der Waals surface area contributed by atoms with Crippen LogP contribution in [0.5, 0.6) is 5.75 Å². The number of pyridine rings is 1. The molecule has 0 aliphatic heterocycles. The maximum atomic E-state index is 12.9. The van der Waals surface area contributed by atoms with Gasteiger partial charge in [0.25, 0.3) is 5.91 Å². The van der Waals surface area contributed by atoms with Crippen molar-refractivity contribution in [2.45, 2.75) is 53.0 Å². The van der Waals surface area contributed by atoms with E-state index in [1.807, 2.05) is 41.8 Å². The largest absolute Gasteiger partial charge is 0.496 e. The zero-order valence-electron chi connectivity index (χ0n) is 20.7. The predicted octanol–water partition coefficient (Wildman–Crippen LogP) is 6.61. The summed E-state index contributed by atoms with van der Waals surface area (Å²) in [4.78, 5) is 17.9. The number of amides is 1. The number of nitrogens with zero attached hydrogens (tertiary/aromatic N) is 2. The number of fused-ring (bicyclic) bond motifs is 1. The van der Waals surface area contributed by atoms with Gasteiger partial charge in [0.15, 0.2) is 5.82 Å². The van der Waals surface area contributed by atoms with Crippen LogP contribution in [0.3, 0.4) is 0 Å². The highest BCUT2D eigenvalue weighted by Gasteiger charge is 2.19. The van der Waals surface area contributed by atoms with Gasteiger partial charge in [-0.2, -0.15) is 5.10 Å². The van der Waals surface area contributed by atoms with Gasteiger partial charge in [0, 0.05) is 35.3 Å². The molecule has 4 aromatic rings. The predicted molar refractivity (Wildman–Crippen MR) is 141 cm³/mol. The smallest absolute Gasteiger partial charge is 0.269 e. The van der Waals surface area contributed by atoms with Gasteiger partial charge < -0.3 is 15.4 Å². The van der Waals surface area contributed by atoms with E-state index in [1.54, 1.807) is 13.3 Å². The minimum atomic E-state index is -0.193. The lowest BCUT2D eigenvalue weighted by Crippen LogP contribution is -2.13. The molecule has 0 aliphatic rings. The average Bonchev–Trinajstić information content (AvgIpc) is 3.47. The number of thiophene rings is 1. The Morgan fingerprint density at radius 3 is 2.62 bits per heavy atom. The van der Waals surface area contributed by atoms with Gasteiger partial charge in [-0.1, -0.05) is 47.1 Å². The molecule has 7 nitrogen and oxygen atoms in total. The molecule has 0 radical (unpaired) electrons. The molecule has 0 spiro atoms. The molecule has 3 N–H and O–H groups in total. The van der Waals surface area contributed by atoms with Crippen LogP contribution in [0.15, 0.2) is 48.0 Å². The molecule has 3 heterocycles. The SMILES string of the molecule is CCC.COc1cccc2nccc(CNc3ccsc3C(=O)Nc3cc(C(C)(C)C)[nH]n3)c12. The Kier molecular flexibility index (Phi) is 8.28. The zero-order chi connectivity index (χ0) is 24.7. The van der Waals surface area contributed by atoms with Crippen molar-refractivity contribution in [1.82, 2.24) is 15.2 Å². The van der Waals surface area contributed by atoms with Crippen molar-refractivity contribution in [3.8, 4) is 5.75 Å². The Hall–Kier alpha value is -3.39. The molecule has 0 unspecified atom stereocenters. The van der Waals surface area contributed by atoms with Crippen LogP contribution in [0.1, 0.15) is 62.0 Å². The maximum absolute atomic E-state index is 12.9. The molecule has 0 aliphatic carbocycles. The van der Waals surface area contributed by atoms with Crippen LogP contribution in [-0.4, -0.2) is 28.2 Å². The van der Waals surface area contributed by atoms with Crippen molar-refractivity contribution in [2.75, 3.05) is 17.7 Å². The molecule has 0 saturated carbocycles. The molecule has 0 bridgehead atoms. The number of ether oxygens (including phenoxy) is 1. The first-order valence-corrected chi connectivity index (χ1v) is 12.3. The lowest BCUT2D eigenvalue weighted by molar-refractivity contribution is 0.103. The van der Waals surface area contributed by atoms with Crippen LogP contribution in [0.2, 0.25) is 0 Å². The van der Waals surface area contributed by atoms with E-state index in [1.165, 1.54) is 17.8 Å². The number of anilines is 2. The number of carbonyl (C=O) groups excluding carboxylic acids is 1. The maximum Gasteiger partial charge on any atom is 0.269 e. The number of hydrogen-bond donors (Lipinski definition) is 3. The molecule has 180 valence electrons. The van der Waals surface area contributed by atoms with Gasteiger partial charge >= 0.3 is 0 Å². The highest BCUT2D eigenvalue weighted by atomic mass is 32.1. The molecule has 0 saturated heterocycles. The monoisotopic (exact) mass is 479 g/mol. The van der Waals surface area contributed by atoms with Crippen molar-refractivity contribution in [2.24, 2.45) is 0 Å². The van der Waals surface area contributed by atoms with Gasteiger partial charge in [0.05, 0.1) is 18.3 Å². The summed E-state index contributed by atoms with van der Waals surface area (Å²) < 4.78 is 5.52. The number of rotatable bonds is 6. The molecule has 1 aromatic carbocycles. The summed E-state index contributed by atoms with van der Waals surface area (Å²) >= 11 is 1.39. The van der Waals surface area contributed by atoms with Crippen molar-refractivity contribution in [1.29, 1.82) is 0 Å². The second-order valence-electron chi connectivity index (χ2n) is 8.92. The highest BCUT2D eigenvalue weighted by molar-refractivity contribution is 7.12. The zero-order valence-corrected chi connectivity index (χ0v) is 21.5. The first kappa shape index (κ1) is 25.2. The van der Waals surface area contributed by atoms with E-state index in [2.05, 4.69) is 60.4 Å². The van der Waals surface area contributed by atoms with Crippen molar-refractivity contribution >= 4 is 39.7 Å². The minimum Gasteiger partial charge on any atom is -0.496 e. The topological polar surface area (TPSA) is 91.9 Å². The van der Waals surface area contributed by atoms with Gasteiger partial charge in [-0.25, -0.2) is 0 Å². The molecular weight excluding hydrogens is 446 g/mol. The normalized spacial score (nSPS) is 11.0. The summed E-state index contributed by atoms with van der Waals surface area (Å²) in [5.41, 5.74) is 3.58. The van der Waals surface area contributed by atoms with E-state index >= 15 is 0 Å². The molecule has 0 fully saturated rings.